The van der Waals surface area contributed by atoms with Gasteiger partial charge in [-0.1, -0.05) is 18.2 Å². The zero-order chi connectivity index (χ0) is 19.8. The van der Waals surface area contributed by atoms with Crippen molar-refractivity contribution in [2.45, 2.75) is 26.6 Å². The number of fused-ring (bicyclic) bond motifs is 1. The van der Waals surface area contributed by atoms with Gasteiger partial charge in [0.25, 0.3) is 0 Å². The summed E-state index contributed by atoms with van der Waals surface area (Å²) in [5.41, 5.74) is 4.93. The minimum Gasteiger partial charge on any atom is -0.496 e. The van der Waals surface area contributed by atoms with Gasteiger partial charge in [-0.25, -0.2) is 4.57 Å². The smallest absolute Gasteiger partial charge is 0.496 e. The lowest BCUT2D eigenvalue weighted by Gasteiger charge is -2.17. The summed E-state index contributed by atoms with van der Waals surface area (Å²) in [6, 6.07) is 7.15. The van der Waals surface area contributed by atoms with Crippen molar-refractivity contribution < 1.29 is 33.8 Å². The maximum Gasteiger partial charge on any atom is 0.524 e. The molecule has 0 bridgehead atoms. The molecule has 1 aliphatic rings. The van der Waals surface area contributed by atoms with Crippen molar-refractivity contribution in [2.75, 3.05) is 7.11 Å². The molecule has 2 aromatic rings. The molecule has 4 N–H and O–H groups in total. The zero-order valence-electron chi connectivity index (χ0n) is 15.0. The van der Waals surface area contributed by atoms with E-state index >= 15 is 0 Å². The Morgan fingerprint density at radius 2 is 1.78 bits per heavy atom. The lowest BCUT2D eigenvalue weighted by Crippen LogP contribution is -2.01. The third-order valence-corrected chi connectivity index (χ3v) is 4.98. The number of aliphatic hydroxyl groups is 2. The molecule has 0 aliphatic heterocycles. The van der Waals surface area contributed by atoms with Gasteiger partial charge in [0.1, 0.15) is 11.5 Å². The normalized spacial score (nSPS) is 13.3. The summed E-state index contributed by atoms with van der Waals surface area (Å²) in [4.78, 5) is 18.4. The molecule has 1 aliphatic carbocycles. The molecule has 27 heavy (non-hydrogen) atoms. The van der Waals surface area contributed by atoms with Crippen LogP contribution in [0.1, 0.15) is 33.4 Å². The molecule has 0 heterocycles. The molecule has 144 valence electrons. The summed E-state index contributed by atoms with van der Waals surface area (Å²) in [5, 5.41) is 19.1. The van der Waals surface area contributed by atoms with Crippen molar-refractivity contribution in [1.82, 2.24) is 0 Å². The van der Waals surface area contributed by atoms with Crippen molar-refractivity contribution in [2.24, 2.45) is 0 Å². The highest BCUT2D eigenvalue weighted by Gasteiger charge is 2.27. The number of phosphoric acid groups is 1. The van der Waals surface area contributed by atoms with E-state index in [0.717, 1.165) is 22.3 Å². The lowest BCUT2D eigenvalue weighted by molar-refractivity contribution is 0.263. The van der Waals surface area contributed by atoms with Crippen LogP contribution in [0, 0.1) is 6.92 Å². The van der Waals surface area contributed by atoms with Crippen LogP contribution >= 0.6 is 7.82 Å². The summed E-state index contributed by atoms with van der Waals surface area (Å²) in [6.07, 6.45) is 2.34. The summed E-state index contributed by atoms with van der Waals surface area (Å²) < 4.78 is 21.6. The van der Waals surface area contributed by atoms with E-state index in [-0.39, 0.29) is 12.4 Å². The number of allylic oxidation sites excluding steroid dienone is 1. The van der Waals surface area contributed by atoms with Gasteiger partial charge in [-0.3, -0.25) is 9.79 Å². The van der Waals surface area contributed by atoms with Gasteiger partial charge in [0.15, 0.2) is 0 Å². The summed E-state index contributed by atoms with van der Waals surface area (Å²) in [6.45, 7) is 1.32. The first-order valence-electron chi connectivity index (χ1n) is 8.29. The molecule has 0 atom stereocenters. The predicted molar refractivity (Wildman–Crippen MR) is 99.5 cm³/mol. The van der Waals surface area contributed by atoms with E-state index in [9.17, 15) is 24.6 Å². The van der Waals surface area contributed by atoms with E-state index in [1.165, 1.54) is 0 Å². The number of phosphoric ester groups is 1. The molecule has 0 spiro atoms. The molecular formula is C19H21O7P. The van der Waals surface area contributed by atoms with Crippen molar-refractivity contribution in [3.63, 3.8) is 0 Å². The molecule has 0 radical (unpaired) electrons. The molecule has 0 fully saturated rings. The van der Waals surface area contributed by atoms with Crippen molar-refractivity contribution in [3.05, 3.63) is 63.7 Å². The van der Waals surface area contributed by atoms with E-state index in [0.29, 0.717) is 28.9 Å². The van der Waals surface area contributed by atoms with Gasteiger partial charge in [0.2, 0.25) is 0 Å². The zero-order valence-corrected chi connectivity index (χ0v) is 15.9. The van der Waals surface area contributed by atoms with Crippen LogP contribution in [0.5, 0.6) is 11.5 Å². The van der Waals surface area contributed by atoms with Crippen LogP contribution in [0.3, 0.4) is 0 Å². The Kier molecular flexibility index (Phi) is 5.42. The first kappa shape index (κ1) is 19.6. The number of hydrogen-bond donors (Lipinski definition) is 4. The fraction of sp³-hybridized carbons (Fsp3) is 0.263. The average molecular weight is 392 g/mol. The summed E-state index contributed by atoms with van der Waals surface area (Å²) in [5.74, 6) is 0.642. The number of ether oxygens (including phenoxy) is 1. The fourth-order valence-corrected chi connectivity index (χ4v) is 3.95. The van der Waals surface area contributed by atoms with Crippen LogP contribution in [-0.2, 0) is 24.2 Å². The summed E-state index contributed by atoms with van der Waals surface area (Å²) in [7, 11) is -3.22. The Hall–Kier alpha value is -2.15. The Morgan fingerprint density at radius 3 is 2.37 bits per heavy atom. The highest BCUT2D eigenvalue weighted by molar-refractivity contribution is 7.46. The first-order valence-corrected chi connectivity index (χ1v) is 9.82. The van der Waals surface area contributed by atoms with Crippen LogP contribution in [-0.4, -0.2) is 27.1 Å². The van der Waals surface area contributed by atoms with Crippen LogP contribution in [0.25, 0.3) is 5.57 Å². The molecule has 0 unspecified atom stereocenters. The second-order valence-corrected chi connectivity index (χ2v) is 7.45. The Bertz CT molecular complexity index is 959. The highest BCUT2D eigenvalue weighted by atomic mass is 31.2. The molecule has 8 heteroatoms. The fourth-order valence-electron chi connectivity index (χ4n) is 3.49. The lowest BCUT2D eigenvalue weighted by atomic mass is 9.94. The SMILES string of the molecule is COc1c(C)cc(C2=CCc3c2ccc(CO)c3OP(=O)(O)O)cc1CO. The third-order valence-electron chi connectivity index (χ3n) is 4.56. The van der Waals surface area contributed by atoms with Crippen LogP contribution in [0.15, 0.2) is 30.3 Å². The van der Waals surface area contributed by atoms with Gasteiger partial charge in [-0.2, -0.15) is 0 Å². The monoisotopic (exact) mass is 392 g/mol. The van der Waals surface area contributed by atoms with E-state index in [2.05, 4.69) is 0 Å². The van der Waals surface area contributed by atoms with Gasteiger partial charge < -0.3 is 19.5 Å². The third kappa shape index (κ3) is 3.78. The molecule has 0 saturated heterocycles. The Balaban J connectivity index is 2.11. The quantitative estimate of drug-likeness (QED) is 0.558. The van der Waals surface area contributed by atoms with Crippen molar-refractivity contribution in [1.29, 1.82) is 0 Å². The first-order chi connectivity index (χ1) is 12.8. The van der Waals surface area contributed by atoms with Crippen LogP contribution in [0.4, 0.5) is 0 Å². The number of benzene rings is 2. The Labute approximate surface area is 156 Å². The Morgan fingerprint density at radius 1 is 1.07 bits per heavy atom. The maximum absolute atomic E-state index is 11.4. The second-order valence-electron chi connectivity index (χ2n) is 6.29. The van der Waals surface area contributed by atoms with Gasteiger partial charge >= 0.3 is 7.82 Å². The molecule has 0 aromatic heterocycles. The molecule has 3 rings (SSSR count). The van der Waals surface area contributed by atoms with E-state index in [1.54, 1.807) is 19.2 Å². The number of methoxy groups -OCH3 is 1. The van der Waals surface area contributed by atoms with E-state index in [1.807, 2.05) is 25.1 Å². The number of rotatable bonds is 6. The number of hydrogen-bond acceptors (Lipinski definition) is 5. The maximum atomic E-state index is 11.4. The predicted octanol–water partition coefficient (Wildman–Crippen LogP) is 2.45. The molecule has 0 amide bonds. The summed E-state index contributed by atoms with van der Waals surface area (Å²) >= 11 is 0. The molecule has 0 saturated carbocycles. The van der Waals surface area contributed by atoms with Crippen LogP contribution < -0.4 is 9.26 Å². The second kappa shape index (κ2) is 7.46. The standard InChI is InChI=1S/C19H21O7P/c1-11-7-13(8-14(10-21)18(11)25-2)15-5-6-17-16(15)4-3-12(9-20)19(17)26-27(22,23)24/h3-5,7-8,20-21H,6,9-10H2,1-2H3,(H2,22,23,24). The van der Waals surface area contributed by atoms with Gasteiger partial charge in [-0.15, -0.1) is 0 Å². The van der Waals surface area contributed by atoms with E-state index < -0.39 is 14.4 Å². The van der Waals surface area contributed by atoms with Gasteiger partial charge in [0, 0.05) is 16.7 Å². The topological polar surface area (TPSA) is 116 Å². The number of aryl methyl sites for hydroxylation is 1. The van der Waals surface area contributed by atoms with Gasteiger partial charge in [0.05, 0.1) is 20.3 Å². The highest BCUT2D eigenvalue weighted by Crippen LogP contribution is 2.46. The van der Waals surface area contributed by atoms with Crippen molar-refractivity contribution in [3.8, 4) is 11.5 Å². The minimum absolute atomic E-state index is 0.0159. The molecular weight excluding hydrogens is 371 g/mol. The molecule has 7 nitrogen and oxygen atoms in total. The molecule has 2 aromatic carbocycles. The number of aliphatic hydroxyl groups excluding tert-OH is 2. The van der Waals surface area contributed by atoms with E-state index in [4.69, 9.17) is 9.26 Å². The minimum atomic E-state index is -4.77. The van der Waals surface area contributed by atoms with Crippen molar-refractivity contribution >= 4 is 13.4 Å². The largest absolute Gasteiger partial charge is 0.524 e. The van der Waals surface area contributed by atoms with Gasteiger partial charge in [-0.05, 0) is 47.7 Å². The van der Waals surface area contributed by atoms with Crippen LogP contribution in [0.2, 0.25) is 0 Å². The average Bonchev–Trinajstić information content (AvgIpc) is 3.04.